The van der Waals surface area contributed by atoms with Crippen molar-refractivity contribution in [3.05, 3.63) is 65.7 Å². The van der Waals surface area contributed by atoms with Gasteiger partial charge in [0, 0.05) is 0 Å². The fourth-order valence-electron chi connectivity index (χ4n) is 1.63. The highest BCUT2D eigenvalue weighted by molar-refractivity contribution is 7.89. The normalized spacial score (nSPS) is 11.7. The zero-order valence-electron chi connectivity index (χ0n) is 11.3. The minimum absolute atomic E-state index is 0.154. The van der Waals surface area contributed by atoms with Gasteiger partial charge < -0.3 is 0 Å². The van der Waals surface area contributed by atoms with E-state index in [9.17, 15) is 8.42 Å². The van der Waals surface area contributed by atoms with Crippen molar-refractivity contribution < 1.29 is 8.42 Å². The highest BCUT2D eigenvalue weighted by atomic mass is 32.2. The molecule has 0 atom stereocenters. The maximum Gasteiger partial charge on any atom is 0.276 e. The summed E-state index contributed by atoms with van der Waals surface area (Å²) in [6.45, 7) is 1.69. The first-order valence-corrected chi connectivity index (χ1v) is 7.63. The van der Waals surface area contributed by atoms with Gasteiger partial charge in [0.2, 0.25) is 0 Å². The van der Waals surface area contributed by atoms with Crippen LogP contribution in [0.2, 0.25) is 0 Å². The van der Waals surface area contributed by atoms with Gasteiger partial charge in [-0.05, 0) is 36.8 Å². The van der Waals surface area contributed by atoms with Crippen molar-refractivity contribution in [1.82, 2.24) is 4.83 Å². The van der Waals surface area contributed by atoms with Gasteiger partial charge in [-0.1, -0.05) is 30.3 Å². The maximum absolute atomic E-state index is 12.0. The van der Waals surface area contributed by atoms with Crippen LogP contribution >= 0.6 is 0 Å². The number of nitrogens with zero attached hydrogens (tertiary/aromatic N) is 2. The molecule has 0 heterocycles. The van der Waals surface area contributed by atoms with Crippen LogP contribution in [0.4, 0.5) is 0 Å². The zero-order chi connectivity index (χ0) is 15.3. The second kappa shape index (κ2) is 6.20. The van der Waals surface area contributed by atoms with E-state index in [0.717, 1.165) is 5.56 Å². The van der Waals surface area contributed by atoms with E-state index in [1.165, 1.54) is 12.1 Å². The SMILES string of the molecule is C/C(=N\NS(=O)(=O)c1ccccc1)c1ccc(C#N)cc1. The van der Waals surface area contributed by atoms with Crippen LogP contribution in [-0.4, -0.2) is 14.1 Å². The van der Waals surface area contributed by atoms with Gasteiger partial charge in [-0.3, -0.25) is 0 Å². The van der Waals surface area contributed by atoms with E-state index in [1.54, 1.807) is 49.4 Å². The second-order valence-corrected chi connectivity index (χ2v) is 5.95. The van der Waals surface area contributed by atoms with Crippen LogP contribution in [0.15, 0.2) is 64.6 Å². The van der Waals surface area contributed by atoms with Crippen LogP contribution in [0.25, 0.3) is 0 Å². The molecule has 106 valence electrons. The molecule has 0 saturated carbocycles. The summed E-state index contributed by atoms with van der Waals surface area (Å²) in [5, 5.41) is 12.6. The summed E-state index contributed by atoms with van der Waals surface area (Å²) >= 11 is 0. The van der Waals surface area contributed by atoms with Crippen molar-refractivity contribution in [2.24, 2.45) is 5.10 Å². The fourth-order valence-corrected chi connectivity index (χ4v) is 2.51. The molecule has 0 amide bonds. The van der Waals surface area contributed by atoms with Crippen LogP contribution < -0.4 is 4.83 Å². The fraction of sp³-hybridized carbons (Fsp3) is 0.0667. The topological polar surface area (TPSA) is 82.3 Å². The number of rotatable bonds is 4. The molecule has 0 fully saturated rings. The summed E-state index contributed by atoms with van der Waals surface area (Å²) in [5.41, 5.74) is 1.79. The smallest absolute Gasteiger partial charge is 0.200 e. The van der Waals surface area contributed by atoms with Gasteiger partial charge in [0.15, 0.2) is 0 Å². The van der Waals surface area contributed by atoms with Crippen molar-refractivity contribution in [3.8, 4) is 6.07 Å². The number of nitrogens with one attached hydrogen (secondary N) is 1. The number of nitriles is 1. The zero-order valence-corrected chi connectivity index (χ0v) is 12.1. The van der Waals surface area contributed by atoms with Gasteiger partial charge in [-0.15, -0.1) is 0 Å². The molecular weight excluding hydrogens is 286 g/mol. The first-order chi connectivity index (χ1) is 10.0. The number of hydrogen-bond acceptors (Lipinski definition) is 4. The summed E-state index contributed by atoms with van der Waals surface area (Å²) in [5.74, 6) is 0. The summed E-state index contributed by atoms with van der Waals surface area (Å²) < 4.78 is 24.0. The highest BCUT2D eigenvalue weighted by Gasteiger charge is 2.11. The molecule has 0 bridgehead atoms. The molecule has 0 unspecified atom stereocenters. The molecular formula is C15H13N3O2S. The molecule has 2 aromatic carbocycles. The van der Waals surface area contributed by atoms with Crippen LogP contribution in [0.3, 0.4) is 0 Å². The molecule has 1 N–H and O–H groups in total. The van der Waals surface area contributed by atoms with E-state index in [1.807, 2.05) is 6.07 Å². The Morgan fingerprint density at radius 2 is 1.71 bits per heavy atom. The summed E-state index contributed by atoms with van der Waals surface area (Å²) in [4.78, 5) is 2.35. The third kappa shape index (κ3) is 3.68. The lowest BCUT2D eigenvalue weighted by molar-refractivity contribution is 0.584. The van der Waals surface area contributed by atoms with Crippen molar-refractivity contribution in [2.45, 2.75) is 11.8 Å². The number of benzene rings is 2. The van der Waals surface area contributed by atoms with Gasteiger partial charge in [-0.2, -0.15) is 23.6 Å². The summed E-state index contributed by atoms with van der Waals surface area (Å²) in [6, 6.07) is 16.8. The van der Waals surface area contributed by atoms with E-state index in [-0.39, 0.29) is 4.90 Å². The Labute approximate surface area is 123 Å². The van der Waals surface area contributed by atoms with E-state index < -0.39 is 10.0 Å². The molecule has 5 nitrogen and oxygen atoms in total. The van der Waals surface area contributed by atoms with Crippen LogP contribution in [0.5, 0.6) is 0 Å². The monoisotopic (exact) mass is 299 g/mol. The Morgan fingerprint density at radius 3 is 2.29 bits per heavy atom. The lowest BCUT2D eigenvalue weighted by Gasteiger charge is -2.05. The predicted octanol–water partition coefficient (Wildman–Crippen LogP) is 2.26. The Bertz CT molecular complexity index is 789. The van der Waals surface area contributed by atoms with E-state index >= 15 is 0 Å². The quantitative estimate of drug-likeness (QED) is 0.694. The molecule has 2 aromatic rings. The third-order valence-electron chi connectivity index (χ3n) is 2.82. The third-order valence-corrected chi connectivity index (χ3v) is 4.04. The standard InChI is InChI=1S/C15H13N3O2S/c1-12(14-9-7-13(11-16)8-10-14)17-18-21(19,20)15-5-3-2-4-6-15/h2-10,18H,1H3/b17-12+. The van der Waals surface area contributed by atoms with E-state index in [2.05, 4.69) is 9.93 Å². The minimum atomic E-state index is -3.67. The molecule has 0 spiro atoms. The Balaban J connectivity index is 2.18. The largest absolute Gasteiger partial charge is 0.276 e. The first-order valence-electron chi connectivity index (χ1n) is 6.14. The lowest BCUT2D eigenvalue weighted by atomic mass is 10.1. The molecule has 2 rings (SSSR count). The predicted molar refractivity (Wildman–Crippen MR) is 80.1 cm³/mol. The lowest BCUT2D eigenvalue weighted by Crippen LogP contribution is -2.19. The van der Waals surface area contributed by atoms with Gasteiger partial charge in [0.25, 0.3) is 10.0 Å². The number of hydrogen-bond donors (Lipinski definition) is 1. The number of hydrazone groups is 1. The van der Waals surface area contributed by atoms with Gasteiger partial charge in [0.1, 0.15) is 0 Å². The van der Waals surface area contributed by atoms with Gasteiger partial charge in [-0.25, -0.2) is 0 Å². The highest BCUT2D eigenvalue weighted by Crippen LogP contribution is 2.08. The minimum Gasteiger partial charge on any atom is -0.200 e. The van der Waals surface area contributed by atoms with Crippen molar-refractivity contribution in [2.75, 3.05) is 0 Å². The van der Waals surface area contributed by atoms with Crippen molar-refractivity contribution in [3.63, 3.8) is 0 Å². The Hall–Kier alpha value is -2.65. The summed E-state index contributed by atoms with van der Waals surface area (Å²) in [6.07, 6.45) is 0. The Kier molecular flexibility index (Phi) is 4.36. The van der Waals surface area contributed by atoms with E-state index in [0.29, 0.717) is 11.3 Å². The average Bonchev–Trinajstić information content (AvgIpc) is 2.53. The van der Waals surface area contributed by atoms with Crippen molar-refractivity contribution >= 4 is 15.7 Å². The van der Waals surface area contributed by atoms with Crippen LogP contribution in [-0.2, 0) is 10.0 Å². The van der Waals surface area contributed by atoms with Crippen LogP contribution in [0.1, 0.15) is 18.1 Å². The molecule has 0 saturated heterocycles. The molecule has 0 aromatic heterocycles. The first kappa shape index (κ1) is 14.8. The molecule has 0 aliphatic carbocycles. The van der Waals surface area contributed by atoms with Gasteiger partial charge >= 0.3 is 0 Å². The molecule has 0 aliphatic heterocycles. The molecule has 0 aliphatic rings. The molecule has 6 heteroatoms. The van der Waals surface area contributed by atoms with Crippen molar-refractivity contribution in [1.29, 1.82) is 5.26 Å². The van der Waals surface area contributed by atoms with E-state index in [4.69, 9.17) is 5.26 Å². The second-order valence-electron chi connectivity index (χ2n) is 4.29. The average molecular weight is 299 g/mol. The maximum atomic E-state index is 12.0. The molecule has 21 heavy (non-hydrogen) atoms. The van der Waals surface area contributed by atoms with Gasteiger partial charge in [0.05, 0.1) is 22.2 Å². The summed E-state index contributed by atoms with van der Waals surface area (Å²) in [7, 11) is -3.67. The number of sulfonamides is 1. The molecule has 0 radical (unpaired) electrons. The van der Waals surface area contributed by atoms with Crippen LogP contribution in [0, 0.1) is 11.3 Å². The Morgan fingerprint density at radius 1 is 1.10 bits per heavy atom.